The summed E-state index contributed by atoms with van der Waals surface area (Å²) < 4.78 is 32.5. The highest BCUT2D eigenvalue weighted by Crippen LogP contribution is 2.43. The summed E-state index contributed by atoms with van der Waals surface area (Å²) in [6, 6.07) is 0. The highest BCUT2D eigenvalue weighted by Gasteiger charge is 2.27. The molecule has 0 saturated carbocycles. The zero-order valence-corrected chi connectivity index (χ0v) is 34.2. The molecule has 0 amide bonds. The van der Waals surface area contributed by atoms with E-state index in [1.807, 2.05) is 0 Å². The number of aliphatic hydroxyl groups is 2. The largest absolute Gasteiger partial charge is 0.472 e. The van der Waals surface area contributed by atoms with Crippen LogP contribution in [0.4, 0.5) is 0 Å². The summed E-state index contributed by atoms with van der Waals surface area (Å²) in [5.74, 6) is -1.02. The van der Waals surface area contributed by atoms with Crippen molar-refractivity contribution >= 4 is 19.8 Å². The Hall–Kier alpha value is -1.29. The van der Waals surface area contributed by atoms with Crippen LogP contribution in [0.25, 0.3) is 0 Å². The van der Waals surface area contributed by atoms with Crippen molar-refractivity contribution in [2.24, 2.45) is 0 Å². The van der Waals surface area contributed by atoms with Crippen LogP contribution in [0.1, 0.15) is 200 Å². The van der Waals surface area contributed by atoms with Crippen LogP contribution in [0.2, 0.25) is 0 Å². The lowest BCUT2D eigenvalue weighted by Gasteiger charge is -2.20. The molecule has 0 aliphatic carbocycles. The van der Waals surface area contributed by atoms with Crippen molar-refractivity contribution in [2.45, 2.75) is 212 Å². The van der Waals surface area contributed by atoms with Crippen LogP contribution in [0, 0.1) is 0 Å². The van der Waals surface area contributed by atoms with Crippen LogP contribution < -0.4 is 0 Å². The normalized spacial score (nSPS) is 14.0. The summed E-state index contributed by atoms with van der Waals surface area (Å²) in [5, 5.41) is 19.1. The quantitative estimate of drug-likeness (QED) is 0.0238. The topological polar surface area (TPSA) is 149 Å². The maximum atomic E-state index is 12.3. The molecule has 3 unspecified atom stereocenters. The van der Waals surface area contributed by atoms with Gasteiger partial charge in [0, 0.05) is 12.8 Å². The smallest absolute Gasteiger partial charge is 0.457 e. The van der Waals surface area contributed by atoms with Crippen molar-refractivity contribution in [3.63, 3.8) is 0 Å². The van der Waals surface area contributed by atoms with Gasteiger partial charge in [0.05, 0.1) is 26.4 Å². The van der Waals surface area contributed by atoms with Gasteiger partial charge in [-0.05, 0) is 32.1 Å². The molecule has 0 bridgehead atoms. The first-order valence-electron chi connectivity index (χ1n) is 21.1. The second kappa shape index (κ2) is 38.0. The summed E-state index contributed by atoms with van der Waals surface area (Å²) in [4.78, 5) is 34.4. The molecule has 11 heteroatoms. The molecule has 3 N–H and O–H groups in total. The molecule has 10 nitrogen and oxygen atoms in total. The lowest BCUT2D eigenvalue weighted by atomic mass is 10.0. The van der Waals surface area contributed by atoms with Crippen LogP contribution in [0.3, 0.4) is 0 Å². The third-order valence-corrected chi connectivity index (χ3v) is 10.2. The molecule has 0 aromatic rings. The Morgan fingerprint density at radius 3 is 1.15 bits per heavy atom. The van der Waals surface area contributed by atoms with E-state index in [1.54, 1.807) is 0 Å². The van der Waals surface area contributed by atoms with Crippen molar-refractivity contribution in [1.29, 1.82) is 0 Å². The molecule has 52 heavy (non-hydrogen) atoms. The lowest BCUT2D eigenvalue weighted by Crippen LogP contribution is -2.28. The highest BCUT2D eigenvalue weighted by molar-refractivity contribution is 7.47. The standard InChI is InChI=1S/C41H79O10P/c1-3-5-7-9-11-13-15-16-17-18-19-20-21-23-25-27-29-31-33-41(45)51-39(35-43)37-49-52(46,47)48-36-38(34-42)50-40(44)32-30-28-26-24-22-14-12-10-8-6-4-2/h10,12,38-39,42-43H,3-9,11,13-37H2,1-2H3,(H,46,47)/b12-10-. The molecular formula is C41H79O10P. The van der Waals surface area contributed by atoms with Gasteiger partial charge in [0.1, 0.15) is 12.2 Å². The number of phosphoric ester groups is 1. The zero-order chi connectivity index (χ0) is 38.4. The van der Waals surface area contributed by atoms with Gasteiger partial charge >= 0.3 is 19.8 Å². The van der Waals surface area contributed by atoms with Gasteiger partial charge in [-0.2, -0.15) is 0 Å². The van der Waals surface area contributed by atoms with Gasteiger partial charge in [-0.3, -0.25) is 18.6 Å². The van der Waals surface area contributed by atoms with Crippen LogP contribution in [-0.4, -0.2) is 65.7 Å². The first-order chi connectivity index (χ1) is 25.3. The van der Waals surface area contributed by atoms with E-state index in [4.69, 9.17) is 18.5 Å². The van der Waals surface area contributed by atoms with Crippen molar-refractivity contribution < 1.29 is 47.8 Å². The number of unbranched alkanes of at least 4 members (excludes halogenated alkanes) is 24. The molecule has 0 aromatic heterocycles. The first-order valence-corrected chi connectivity index (χ1v) is 22.6. The fourth-order valence-corrected chi connectivity index (χ4v) is 6.70. The van der Waals surface area contributed by atoms with Crippen molar-refractivity contribution in [3.05, 3.63) is 12.2 Å². The molecule has 0 aliphatic heterocycles. The van der Waals surface area contributed by atoms with Gasteiger partial charge < -0.3 is 24.6 Å². The molecular weight excluding hydrogens is 683 g/mol. The second-order valence-corrected chi connectivity index (χ2v) is 15.8. The van der Waals surface area contributed by atoms with Crippen molar-refractivity contribution in [2.75, 3.05) is 26.4 Å². The number of hydrogen-bond donors (Lipinski definition) is 3. The summed E-state index contributed by atoms with van der Waals surface area (Å²) in [7, 11) is -4.63. The number of carbonyl (C=O) groups excluding carboxylic acids is 2. The second-order valence-electron chi connectivity index (χ2n) is 14.3. The number of esters is 2. The summed E-state index contributed by atoms with van der Waals surface area (Å²) in [5.41, 5.74) is 0. The van der Waals surface area contributed by atoms with Gasteiger partial charge in [-0.15, -0.1) is 0 Å². The average molecular weight is 763 g/mol. The van der Waals surface area contributed by atoms with E-state index in [2.05, 4.69) is 26.0 Å². The maximum Gasteiger partial charge on any atom is 0.472 e. The summed E-state index contributed by atoms with van der Waals surface area (Å²) >= 11 is 0. The van der Waals surface area contributed by atoms with Gasteiger partial charge in [0.2, 0.25) is 0 Å². The molecule has 0 spiro atoms. The molecule has 0 rings (SSSR count). The predicted octanol–water partition coefficient (Wildman–Crippen LogP) is 10.8. The molecule has 0 heterocycles. The number of allylic oxidation sites excluding steroid dienone is 2. The van der Waals surface area contributed by atoms with Crippen LogP contribution >= 0.6 is 7.82 Å². The summed E-state index contributed by atoms with van der Waals surface area (Å²) in [6.45, 7) is 2.17. The molecule has 0 aromatic carbocycles. The summed E-state index contributed by atoms with van der Waals surface area (Å²) in [6.07, 6.45) is 34.8. The van der Waals surface area contributed by atoms with E-state index in [0.29, 0.717) is 12.8 Å². The van der Waals surface area contributed by atoms with E-state index in [1.165, 1.54) is 103 Å². The van der Waals surface area contributed by atoms with E-state index in [9.17, 15) is 29.3 Å². The van der Waals surface area contributed by atoms with Crippen LogP contribution in [0.5, 0.6) is 0 Å². The predicted molar refractivity (Wildman–Crippen MR) is 210 cm³/mol. The molecule has 308 valence electrons. The average Bonchev–Trinajstić information content (AvgIpc) is 3.13. The Morgan fingerprint density at radius 1 is 0.500 bits per heavy atom. The van der Waals surface area contributed by atoms with E-state index in [-0.39, 0.29) is 12.8 Å². The minimum Gasteiger partial charge on any atom is -0.457 e. The van der Waals surface area contributed by atoms with Gasteiger partial charge in [0.25, 0.3) is 0 Å². The molecule has 0 fully saturated rings. The number of ether oxygens (including phenoxy) is 2. The third kappa shape index (κ3) is 35.7. The highest BCUT2D eigenvalue weighted by atomic mass is 31.2. The molecule has 0 aliphatic rings. The number of phosphoric acid groups is 1. The van der Waals surface area contributed by atoms with Crippen LogP contribution in [0.15, 0.2) is 12.2 Å². The Labute approximate surface area is 317 Å². The van der Waals surface area contributed by atoms with Gasteiger partial charge in [-0.1, -0.05) is 167 Å². The van der Waals surface area contributed by atoms with E-state index >= 15 is 0 Å². The fraction of sp³-hybridized carbons (Fsp3) is 0.902. The number of rotatable bonds is 40. The first kappa shape index (κ1) is 50.7. The van der Waals surface area contributed by atoms with E-state index < -0.39 is 58.4 Å². The number of aliphatic hydroxyl groups excluding tert-OH is 2. The van der Waals surface area contributed by atoms with Crippen molar-refractivity contribution in [3.8, 4) is 0 Å². The molecule has 3 atom stereocenters. The van der Waals surface area contributed by atoms with E-state index in [0.717, 1.165) is 57.8 Å². The minimum atomic E-state index is -4.63. The fourth-order valence-electron chi connectivity index (χ4n) is 5.92. The number of hydrogen-bond acceptors (Lipinski definition) is 9. The van der Waals surface area contributed by atoms with Gasteiger partial charge in [-0.25, -0.2) is 4.57 Å². The lowest BCUT2D eigenvalue weighted by molar-refractivity contribution is -0.153. The Kier molecular flexibility index (Phi) is 37.1. The molecule has 0 radical (unpaired) electrons. The minimum absolute atomic E-state index is 0.184. The Bertz CT molecular complexity index is 884. The SMILES string of the molecule is CCCC/C=C\CCCCCCCC(=O)OC(CO)COP(=O)(O)OCC(CO)OC(=O)CCCCCCCCCCCCCCCCCCCC. The Balaban J connectivity index is 3.89. The zero-order valence-electron chi connectivity index (χ0n) is 33.3. The Morgan fingerprint density at radius 2 is 0.808 bits per heavy atom. The van der Waals surface area contributed by atoms with Crippen molar-refractivity contribution in [1.82, 2.24) is 0 Å². The maximum absolute atomic E-state index is 12.3. The number of carbonyl (C=O) groups is 2. The van der Waals surface area contributed by atoms with Gasteiger partial charge in [0.15, 0.2) is 0 Å². The van der Waals surface area contributed by atoms with Crippen LogP contribution in [-0.2, 0) is 32.7 Å². The third-order valence-electron chi connectivity index (χ3n) is 9.23. The molecule has 0 saturated heterocycles. The monoisotopic (exact) mass is 763 g/mol.